The number of aromatic nitrogens is 5. The van der Waals surface area contributed by atoms with Gasteiger partial charge in [-0.25, -0.2) is 4.98 Å². The van der Waals surface area contributed by atoms with Crippen molar-refractivity contribution in [1.29, 1.82) is 0 Å². The maximum Gasteiger partial charge on any atom is 0.243 e. The van der Waals surface area contributed by atoms with Crippen LogP contribution in [0, 0.1) is 11.8 Å². The summed E-state index contributed by atoms with van der Waals surface area (Å²) in [5.41, 5.74) is 4.59. The number of carbonyl (C=O) groups is 2. The molecule has 174 valence electrons. The highest BCUT2D eigenvalue weighted by molar-refractivity contribution is 5.97. The van der Waals surface area contributed by atoms with Crippen molar-refractivity contribution in [2.75, 3.05) is 6.54 Å². The molecule has 3 N–H and O–H groups in total. The van der Waals surface area contributed by atoms with Crippen LogP contribution in [0.5, 0.6) is 0 Å². The quantitative estimate of drug-likeness (QED) is 0.369. The van der Waals surface area contributed by atoms with Crippen molar-refractivity contribution in [3.8, 4) is 11.1 Å². The topological polar surface area (TPSA) is 117 Å². The molecule has 0 aromatic carbocycles. The summed E-state index contributed by atoms with van der Waals surface area (Å²) in [4.78, 5) is 31.9. The molecule has 0 atom stereocenters. The minimum Gasteiger partial charge on any atom is -0.352 e. The molecule has 4 aromatic heterocycles. The Balaban J connectivity index is 1.22. The van der Waals surface area contributed by atoms with Crippen molar-refractivity contribution in [2.45, 2.75) is 32.2 Å². The monoisotopic (exact) mass is 457 g/mol. The van der Waals surface area contributed by atoms with Crippen molar-refractivity contribution in [3.05, 3.63) is 61.2 Å². The average Bonchev–Trinajstić information content (AvgIpc) is 3.50. The second kappa shape index (κ2) is 9.46. The van der Waals surface area contributed by atoms with Gasteiger partial charge in [0, 0.05) is 41.5 Å². The summed E-state index contributed by atoms with van der Waals surface area (Å²) < 4.78 is 1.61. The van der Waals surface area contributed by atoms with E-state index in [9.17, 15) is 9.59 Å². The Bertz CT molecular complexity index is 1350. The molecule has 0 saturated heterocycles. The van der Waals surface area contributed by atoms with E-state index in [-0.39, 0.29) is 17.7 Å². The van der Waals surface area contributed by atoms with Crippen LogP contribution in [0.1, 0.15) is 31.4 Å². The first-order valence-corrected chi connectivity index (χ1v) is 11.6. The number of pyridine rings is 1. The van der Waals surface area contributed by atoms with Gasteiger partial charge >= 0.3 is 0 Å². The minimum absolute atomic E-state index is 0.00991. The van der Waals surface area contributed by atoms with Crippen LogP contribution in [-0.2, 0) is 16.1 Å². The number of H-pyrrole nitrogens is 1. The molecule has 34 heavy (non-hydrogen) atoms. The lowest BCUT2D eigenvalue weighted by Crippen LogP contribution is -2.35. The van der Waals surface area contributed by atoms with Gasteiger partial charge in [-0.05, 0) is 67.5 Å². The second-order valence-electron chi connectivity index (χ2n) is 8.76. The Kier molecular flexibility index (Phi) is 6.07. The fourth-order valence-corrected chi connectivity index (χ4v) is 4.72. The van der Waals surface area contributed by atoms with Gasteiger partial charge in [-0.1, -0.05) is 6.58 Å². The smallest absolute Gasteiger partial charge is 0.243 e. The van der Waals surface area contributed by atoms with Crippen molar-refractivity contribution in [2.24, 2.45) is 11.8 Å². The zero-order valence-corrected chi connectivity index (χ0v) is 18.8. The van der Waals surface area contributed by atoms with E-state index >= 15 is 0 Å². The lowest BCUT2D eigenvalue weighted by atomic mass is 9.81. The maximum atomic E-state index is 12.8. The molecule has 0 bridgehead atoms. The summed E-state index contributed by atoms with van der Waals surface area (Å²) in [6, 6.07) is 7.88. The third kappa shape index (κ3) is 4.41. The number of hydrogen-bond acceptors (Lipinski definition) is 5. The Labute approximate surface area is 196 Å². The molecule has 0 radical (unpaired) electrons. The van der Waals surface area contributed by atoms with E-state index in [4.69, 9.17) is 0 Å². The Morgan fingerprint density at radius 2 is 1.97 bits per heavy atom. The Morgan fingerprint density at radius 3 is 2.79 bits per heavy atom. The molecule has 0 aliphatic heterocycles. The first-order chi connectivity index (χ1) is 16.6. The van der Waals surface area contributed by atoms with E-state index in [0.29, 0.717) is 19.0 Å². The van der Waals surface area contributed by atoms with E-state index in [1.54, 1.807) is 17.0 Å². The zero-order valence-electron chi connectivity index (χ0n) is 18.8. The highest BCUT2D eigenvalue weighted by Gasteiger charge is 2.26. The summed E-state index contributed by atoms with van der Waals surface area (Å²) in [7, 11) is 0. The van der Waals surface area contributed by atoms with E-state index in [1.807, 2.05) is 30.5 Å². The molecule has 9 heteroatoms. The van der Waals surface area contributed by atoms with E-state index in [0.717, 1.165) is 59.1 Å². The molecule has 4 aromatic rings. The summed E-state index contributed by atoms with van der Waals surface area (Å²) in [5, 5.41) is 15.5. The van der Waals surface area contributed by atoms with Crippen LogP contribution in [0.3, 0.4) is 0 Å². The van der Waals surface area contributed by atoms with Crippen molar-refractivity contribution >= 4 is 28.4 Å². The Hall–Kier alpha value is -4.01. The first-order valence-electron chi connectivity index (χ1n) is 11.6. The first kappa shape index (κ1) is 21.8. The molecule has 0 unspecified atom stereocenters. The maximum absolute atomic E-state index is 12.8. The van der Waals surface area contributed by atoms with Gasteiger partial charge in [0.15, 0.2) is 0 Å². The van der Waals surface area contributed by atoms with Gasteiger partial charge in [0.25, 0.3) is 0 Å². The van der Waals surface area contributed by atoms with Crippen LogP contribution in [0.15, 0.2) is 55.5 Å². The van der Waals surface area contributed by atoms with Crippen molar-refractivity contribution < 1.29 is 9.59 Å². The molecule has 4 heterocycles. The number of carbonyl (C=O) groups excluding carboxylic acids is 2. The number of nitrogens with one attached hydrogen (secondary N) is 3. The molecular weight excluding hydrogens is 430 g/mol. The highest BCUT2D eigenvalue weighted by atomic mass is 16.2. The van der Waals surface area contributed by atoms with Crippen LogP contribution in [0.25, 0.3) is 27.7 Å². The van der Waals surface area contributed by atoms with Gasteiger partial charge in [-0.2, -0.15) is 14.8 Å². The summed E-state index contributed by atoms with van der Waals surface area (Å²) >= 11 is 0. The number of rotatable bonds is 7. The number of nitrogens with zero attached hydrogens (tertiary/aromatic N) is 4. The third-order valence-electron chi connectivity index (χ3n) is 6.60. The van der Waals surface area contributed by atoms with E-state index < -0.39 is 0 Å². The SMILES string of the molecule is C=CC(=O)NCC1CCC(C(=O)NCc2cc3c(-c4cnn5ncccc45)ccnc3[nH]2)CC1. The average molecular weight is 458 g/mol. The lowest BCUT2D eigenvalue weighted by Gasteiger charge is -2.27. The molecule has 1 fully saturated rings. The van der Waals surface area contributed by atoms with Crippen LogP contribution < -0.4 is 10.6 Å². The molecule has 9 nitrogen and oxygen atoms in total. The molecule has 1 saturated carbocycles. The van der Waals surface area contributed by atoms with Crippen LogP contribution in [-0.4, -0.2) is 43.2 Å². The van der Waals surface area contributed by atoms with E-state index in [2.05, 4.69) is 37.4 Å². The van der Waals surface area contributed by atoms with Crippen molar-refractivity contribution in [3.63, 3.8) is 0 Å². The van der Waals surface area contributed by atoms with E-state index in [1.165, 1.54) is 6.08 Å². The molecule has 1 aliphatic rings. The fourth-order valence-electron chi connectivity index (χ4n) is 4.72. The largest absolute Gasteiger partial charge is 0.352 e. The predicted molar refractivity (Wildman–Crippen MR) is 129 cm³/mol. The van der Waals surface area contributed by atoms with Gasteiger partial charge in [0.2, 0.25) is 11.8 Å². The van der Waals surface area contributed by atoms with Crippen LogP contribution in [0.2, 0.25) is 0 Å². The van der Waals surface area contributed by atoms with Crippen molar-refractivity contribution in [1.82, 2.24) is 35.4 Å². The highest BCUT2D eigenvalue weighted by Crippen LogP contribution is 2.31. The summed E-state index contributed by atoms with van der Waals surface area (Å²) in [5.74, 6) is 0.361. The van der Waals surface area contributed by atoms with Crippen LogP contribution >= 0.6 is 0 Å². The normalized spacial score (nSPS) is 18.1. The van der Waals surface area contributed by atoms with Gasteiger partial charge in [-0.3, -0.25) is 9.59 Å². The van der Waals surface area contributed by atoms with Gasteiger partial charge in [0.1, 0.15) is 5.65 Å². The number of fused-ring (bicyclic) bond motifs is 2. The molecule has 2 amide bonds. The molecule has 1 aliphatic carbocycles. The van der Waals surface area contributed by atoms with Gasteiger partial charge in [0.05, 0.1) is 18.3 Å². The van der Waals surface area contributed by atoms with Crippen LogP contribution in [0.4, 0.5) is 0 Å². The van der Waals surface area contributed by atoms with Gasteiger partial charge < -0.3 is 15.6 Å². The van der Waals surface area contributed by atoms with Gasteiger partial charge in [-0.15, -0.1) is 0 Å². The molecule has 5 rings (SSSR count). The number of amides is 2. The Morgan fingerprint density at radius 1 is 1.12 bits per heavy atom. The number of aromatic amines is 1. The predicted octanol–water partition coefficient (Wildman–Crippen LogP) is 3.00. The standard InChI is InChI=1S/C25H27N7O2/c1-2-23(33)27-13-16-5-7-17(8-6-16)25(34)28-14-18-12-20-19(9-11-26-24(20)31-18)21-15-30-32-22(21)4-3-10-29-32/h2-4,9-12,15-17H,1,5-8,13-14H2,(H,26,31)(H,27,33)(H,28,34). The molecule has 0 spiro atoms. The lowest BCUT2D eigenvalue weighted by molar-refractivity contribution is -0.126. The summed E-state index contributed by atoms with van der Waals surface area (Å²) in [6.45, 7) is 4.53. The zero-order chi connectivity index (χ0) is 23.5. The second-order valence-corrected chi connectivity index (χ2v) is 8.76. The summed E-state index contributed by atoms with van der Waals surface area (Å²) in [6.07, 6.45) is 10.1. The fraction of sp³-hybridized carbons (Fsp3) is 0.320. The number of hydrogen-bond donors (Lipinski definition) is 3. The third-order valence-corrected chi connectivity index (χ3v) is 6.60. The minimum atomic E-state index is -0.144. The molecular formula is C25H27N7O2.